The van der Waals surface area contributed by atoms with Crippen LogP contribution in [0.25, 0.3) is 0 Å². The molecule has 0 aliphatic rings. The van der Waals surface area contributed by atoms with Gasteiger partial charge in [-0.25, -0.2) is 8.78 Å². The van der Waals surface area contributed by atoms with Crippen molar-refractivity contribution in [2.75, 3.05) is 11.5 Å². The van der Waals surface area contributed by atoms with E-state index in [4.69, 9.17) is 11.5 Å². The summed E-state index contributed by atoms with van der Waals surface area (Å²) in [5, 5.41) is 0. The second-order valence-corrected chi connectivity index (χ2v) is 30.5. The Hall–Kier alpha value is 1.72. The number of nitrogen functional groups attached to an aromatic ring is 2. The van der Waals surface area contributed by atoms with Gasteiger partial charge in [-0.15, -0.1) is 6.07 Å². The van der Waals surface area contributed by atoms with Gasteiger partial charge in [0.25, 0.3) is 5.67 Å². The topological polar surface area (TPSA) is 70.5 Å². The van der Waals surface area contributed by atoms with E-state index in [-0.39, 0.29) is 64.4 Å². The van der Waals surface area contributed by atoms with Gasteiger partial charge in [-0.2, -0.15) is 82.4 Å². The number of benzene rings is 2. The van der Waals surface area contributed by atoms with E-state index >= 15 is 0 Å². The number of hydrogen-bond donors (Lipinski definition) is 2. The third-order valence-electron chi connectivity index (χ3n) is 4.74. The van der Waals surface area contributed by atoms with Crippen LogP contribution in [0.2, 0.25) is 0 Å². The fraction of sp³-hybridized carbons (Fsp3) is 0.455. The molecule has 2 aromatic carbocycles. The van der Waals surface area contributed by atoms with Crippen LogP contribution in [0.15, 0.2) is 30.3 Å². The number of anilines is 2. The zero-order chi connectivity index (χ0) is 39.6. The summed E-state index contributed by atoms with van der Waals surface area (Å²) in [5.74, 6) is -2.45. The molecule has 0 fully saturated rings. The molecule has 0 saturated heterocycles. The molecule has 4 N–H and O–H groups in total. The summed E-state index contributed by atoms with van der Waals surface area (Å²) < 4.78 is 233. The van der Waals surface area contributed by atoms with E-state index in [1.165, 1.54) is 0 Å². The molecule has 4 nitrogen and oxygen atoms in total. The SMILES string of the molecule is C.IC(I)I.Nc1[c-]cc(C(F)(C(F)(F)F)C(F)(F)F)cc1OC(F)F.Nc1ccc(C(F)(C(F)(F)F)C(F)(F)F)cc1OC(F)F.[I][V][I].[Y]. The smallest absolute Gasteiger partial charge is 0 e. The molecule has 0 amide bonds. The van der Waals surface area contributed by atoms with E-state index in [0.717, 1.165) is -0.0619 Å². The maximum Gasteiger partial charge on any atom is 0 e. The molecular weight excluding hydrogens is 1440 g/mol. The number of hydrogen-bond acceptors (Lipinski definition) is 4. The third-order valence-corrected chi connectivity index (χ3v) is 4.74. The van der Waals surface area contributed by atoms with E-state index < -0.39 is 83.3 Å². The third kappa shape index (κ3) is 18.2. The summed E-state index contributed by atoms with van der Waals surface area (Å²) in [7, 11) is 0.628. The molecule has 51 heavy (non-hydrogen) atoms. The van der Waals surface area contributed by atoms with Gasteiger partial charge < -0.3 is 20.9 Å². The fourth-order valence-electron chi connectivity index (χ4n) is 2.80. The van der Waals surface area contributed by atoms with Gasteiger partial charge in [0, 0.05) is 44.0 Å². The van der Waals surface area contributed by atoms with Crippen LogP contribution in [-0.4, -0.2) is 37.9 Å². The summed E-state index contributed by atoms with van der Waals surface area (Å²) in [4.78, 5) is 0. The Morgan fingerprint density at radius 3 is 1.22 bits per heavy atom. The van der Waals surface area contributed by atoms with Crippen LogP contribution < -0.4 is 20.9 Å². The van der Waals surface area contributed by atoms with Crippen LogP contribution in [-0.2, 0) is 53.5 Å². The fourth-order valence-corrected chi connectivity index (χ4v) is 2.80. The van der Waals surface area contributed by atoms with Gasteiger partial charge in [0.2, 0.25) is 0 Å². The van der Waals surface area contributed by atoms with E-state index in [1.54, 1.807) is 6.07 Å². The van der Waals surface area contributed by atoms with Crippen LogP contribution in [0.3, 0.4) is 0 Å². The van der Waals surface area contributed by atoms with E-state index in [9.17, 15) is 79.0 Å². The van der Waals surface area contributed by atoms with Crippen molar-refractivity contribution < 1.29 is 131 Å². The monoisotopic (exact) mass is 1460 g/mol. The Morgan fingerprint density at radius 1 is 0.608 bits per heavy atom. The first-order valence-electron chi connectivity index (χ1n) is 10.9. The standard InChI is InChI=1S/C10H6F9NO.C10H5F9NO.CHI3.CH4.2HI.V.Y/c2*11-7(12)21-6-3-4(1-2-5(6)20)8(13,9(14,15)16)10(17,18)19;2-1(3)4;;;;;/h1-3,7H,20H2;1,3,7H,20H2;1H;1H4;2*1H;;/q;-1;;;;;+2;/p-2. The van der Waals surface area contributed by atoms with Crippen molar-refractivity contribution in [1.29, 1.82) is 0 Å². The van der Waals surface area contributed by atoms with Gasteiger partial charge in [-0.1, -0.05) is 86.8 Å². The molecule has 0 aliphatic carbocycles. The van der Waals surface area contributed by atoms with Gasteiger partial charge in [0.15, 0.2) is 0 Å². The van der Waals surface area contributed by atoms with Crippen molar-refractivity contribution in [3.05, 3.63) is 47.5 Å². The number of rotatable bonds is 6. The molecule has 0 aromatic heterocycles. The average molecular weight is 1460 g/mol. The molecule has 2 rings (SSSR count). The summed E-state index contributed by atoms with van der Waals surface area (Å²) in [6.07, 6.45) is -25.5. The predicted octanol–water partition coefficient (Wildman–Crippen LogP) is 13.1. The van der Waals surface area contributed by atoms with Gasteiger partial charge in [-0.3, -0.25) is 0 Å². The normalized spacial score (nSPS) is 12.2. The molecule has 1 radical (unpaired) electrons. The Morgan fingerprint density at radius 2 is 0.902 bits per heavy atom. The van der Waals surface area contributed by atoms with Crippen molar-refractivity contribution in [3.63, 3.8) is 0 Å². The van der Waals surface area contributed by atoms with Crippen molar-refractivity contribution in [2.24, 2.45) is 0 Å². The number of alkyl halides is 21. The first-order chi connectivity index (χ1) is 21.8. The van der Waals surface area contributed by atoms with Crippen LogP contribution in [0, 0.1) is 6.07 Å². The Balaban J connectivity index is -0.000000354. The molecular formula is C22H16F18I5N2O2VY-. The number of halogens is 23. The van der Waals surface area contributed by atoms with Crippen LogP contribution in [0.1, 0.15) is 18.6 Å². The van der Waals surface area contributed by atoms with Gasteiger partial charge in [0.1, 0.15) is 5.69 Å². The minimum absolute atomic E-state index is 0. The summed E-state index contributed by atoms with van der Waals surface area (Å²) in [6.45, 7) is -7.14. The molecule has 296 valence electrons. The predicted molar refractivity (Wildman–Crippen MR) is 184 cm³/mol. The van der Waals surface area contributed by atoms with Crippen molar-refractivity contribution >= 4 is 119 Å². The van der Waals surface area contributed by atoms with Gasteiger partial charge >= 0.3 is 93.0 Å². The summed E-state index contributed by atoms with van der Waals surface area (Å²) in [6, 6.07) is 1.70. The molecule has 0 aliphatic heterocycles. The summed E-state index contributed by atoms with van der Waals surface area (Å²) >= 11 is 11.7. The van der Waals surface area contributed by atoms with E-state index in [2.05, 4.69) is 117 Å². The molecule has 0 spiro atoms. The summed E-state index contributed by atoms with van der Waals surface area (Å²) in [5.41, 5.74) is -6.92. The minimum Gasteiger partial charge on any atom is 0 e. The zero-order valence-electron chi connectivity index (χ0n) is 22.8. The average Bonchev–Trinajstić information content (AvgIpc) is 2.87. The number of nitrogens with two attached hydrogens (primary N) is 2. The first-order valence-corrected chi connectivity index (χ1v) is 23.6. The molecule has 2 aromatic rings. The van der Waals surface area contributed by atoms with E-state index in [0.29, 0.717) is 15.5 Å². The van der Waals surface area contributed by atoms with Crippen LogP contribution >= 0.6 is 108 Å². The van der Waals surface area contributed by atoms with E-state index in [1.807, 2.05) is 0 Å². The Labute approximate surface area is 371 Å². The Bertz CT molecular complexity index is 1180. The molecule has 0 atom stereocenters. The van der Waals surface area contributed by atoms with Crippen molar-refractivity contribution in [1.82, 2.24) is 0 Å². The second-order valence-electron chi connectivity index (χ2n) is 7.80. The molecule has 0 saturated carbocycles. The zero-order valence-corrected chi connectivity index (χ0v) is 37.8. The largest absolute Gasteiger partial charge is 0 e. The number of ether oxygens (including phenoxy) is 2. The van der Waals surface area contributed by atoms with Crippen molar-refractivity contribution in [3.8, 4) is 11.5 Å². The Kier molecular flexibility index (Phi) is 28.5. The quantitative estimate of drug-likeness (QED) is 0.0994. The van der Waals surface area contributed by atoms with Crippen molar-refractivity contribution in [2.45, 2.75) is 56.6 Å². The first kappa shape index (κ1) is 59.4. The maximum absolute atomic E-state index is 13.7. The second kappa shape index (κ2) is 24.5. The van der Waals surface area contributed by atoms with Gasteiger partial charge in [-0.05, 0) is 17.8 Å². The molecule has 0 unspecified atom stereocenters. The van der Waals surface area contributed by atoms with Gasteiger partial charge in [0.05, 0.1) is 5.69 Å². The minimum atomic E-state index is -6.38. The molecule has 0 heterocycles. The van der Waals surface area contributed by atoms with Crippen LogP contribution in [0.5, 0.6) is 11.5 Å². The molecule has 29 heteroatoms. The molecule has 0 bridgehead atoms. The van der Waals surface area contributed by atoms with Crippen LogP contribution in [0.4, 0.5) is 90.4 Å². The maximum atomic E-state index is 13.7.